The van der Waals surface area contributed by atoms with Gasteiger partial charge in [-0.05, 0) is 55.5 Å². The first kappa shape index (κ1) is 41.6. The zero-order valence-electron chi connectivity index (χ0n) is 31.1. The number of rotatable bonds is 27. The lowest BCUT2D eigenvalue weighted by molar-refractivity contribution is -0.253. The molecule has 3 atom stereocenters. The second-order valence-corrected chi connectivity index (χ2v) is 14.2. The summed E-state index contributed by atoms with van der Waals surface area (Å²) in [6, 6.07) is 16.2. The molecule has 1 aliphatic heterocycles. The van der Waals surface area contributed by atoms with Gasteiger partial charge < -0.3 is 29.9 Å². The fraction of sp³-hybridized carbons (Fsp3) is 0.667. The van der Waals surface area contributed by atoms with Crippen molar-refractivity contribution in [3.05, 3.63) is 70.8 Å². The number of carbonyl (C=O) groups is 2. The third-order valence-corrected chi connectivity index (χ3v) is 9.77. The first-order valence-electron chi connectivity index (χ1n) is 19.7. The van der Waals surface area contributed by atoms with Crippen LogP contribution in [0.25, 0.3) is 0 Å². The number of ether oxygens (including phenoxy) is 2. The first-order valence-corrected chi connectivity index (χ1v) is 19.7. The van der Waals surface area contributed by atoms with Crippen LogP contribution in [0, 0.1) is 0 Å². The first-order chi connectivity index (χ1) is 24.4. The number of aliphatic hydroxyl groups is 1. The van der Waals surface area contributed by atoms with E-state index in [4.69, 9.17) is 14.6 Å². The Bertz CT molecular complexity index is 1170. The molecule has 0 saturated carbocycles. The molecular weight excluding hydrogens is 628 g/mol. The van der Waals surface area contributed by atoms with E-state index < -0.39 is 12.3 Å². The summed E-state index contributed by atoms with van der Waals surface area (Å²) in [6.45, 7) is 8.08. The minimum Gasteiger partial charge on any atom is -0.481 e. The van der Waals surface area contributed by atoms with Crippen LogP contribution in [0.1, 0.15) is 164 Å². The van der Waals surface area contributed by atoms with Gasteiger partial charge in [-0.15, -0.1) is 0 Å². The molecule has 0 bridgehead atoms. The molecule has 0 aliphatic carbocycles. The number of hydrogen-bond acceptors (Lipinski definition) is 6. The summed E-state index contributed by atoms with van der Waals surface area (Å²) in [6.07, 6.45) is 18.2. The molecule has 1 fully saturated rings. The van der Waals surface area contributed by atoms with Crippen LogP contribution in [0.2, 0.25) is 0 Å². The summed E-state index contributed by atoms with van der Waals surface area (Å²) in [7, 11) is 0. The second kappa shape index (κ2) is 25.2. The number of hydrogen-bond donors (Lipinski definition) is 3. The fourth-order valence-corrected chi connectivity index (χ4v) is 6.67. The van der Waals surface area contributed by atoms with E-state index >= 15 is 0 Å². The standard InChI is InChI=1S/C42H66N2O6/c1-3-5-7-9-11-16-28-44(29-17-12-10-8-6-4-2)32-38-30-39(36-24-22-35(33-45)23-25-36)50-42(49-38)37-26-20-34(21-27-37)31-43-40(46)18-14-13-15-19-41(47)48/h20-27,38-39,42,45H,3-19,28-33H2,1-2H3,(H,43,46)(H,47,48)/t38-,39+,42+/m1/s1. The number of unbranched alkanes of at least 4 members (excludes halogenated alkanes) is 12. The van der Waals surface area contributed by atoms with Gasteiger partial charge in [0.15, 0.2) is 6.29 Å². The number of carboxylic acids is 1. The van der Waals surface area contributed by atoms with Crippen LogP contribution in [0.3, 0.4) is 0 Å². The molecule has 1 heterocycles. The van der Waals surface area contributed by atoms with Crippen molar-refractivity contribution in [3.63, 3.8) is 0 Å². The molecule has 3 rings (SSSR count). The van der Waals surface area contributed by atoms with E-state index in [9.17, 15) is 14.7 Å². The fourth-order valence-electron chi connectivity index (χ4n) is 6.67. The molecule has 8 heteroatoms. The van der Waals surface area contributed by atoms with Gasteiger partial charge in [0, 0.05) is 37.9 Å². The van der Waals surface area contributed by atoms with E-state index in [1.165, 1.54) is 77.0 Å². The molecule has 0 aromatic heterocycles. The number of nitrogens with one attached hydrogen (secondary N) is 1. The van der Waals surface area contributed by atoms with Gasteiger partial charge in [0.1, 0.15) is 0 Å². The molecule has 0 radical (unpaired) electrons. The maximum atomic E-state index is 12.3. The van der Waals surface area contributed by atoms with Crippen LogP contribution in [-0.4, -0.2) is 52.7 Å². The summed E-state index contributed by atoms with van der Waals surface area (Å²) in [4.78, 5) is 25.6. The summed E-state index contributed by atoms with van der Waals surface area (Å²) in [5.74, 6) is -0.814. The lowest BCUT2D eigenvalue weighted by Crippen LogP contribution is -2.40. The number of nitrogens with zero attached hydrogens (tertiary/aromatic N) is 1. The Kier molecular flexibility index (Phi) is 21.0. The Morgan fingerprint density at radius 3 is 1.84 bits per heavy atom. The summed E-state index contributed by atoms with van der Waals surface area (Å²) < 4.78 is 13.3. The predicted molar refractivity (Wildman–Crippen MR) is 201 cm³/mol. The Labute approximate surface area is 302 Å². The molecule has 1 aliphatic rings. The van der Waals surface area contributed by atoms with Crippen LogP contribution >= 0.6 is 0 Å². The lowest BCUT2D eigenvalue weighted by atomic mass is 9.99. The number of aliphatic carboxylic acids is 1. The molecule has 50 heavy (non-hydrogen) atoms. The van der Waals surface area contributed by atoms with E-state index in [0.29, 0.717) is 25.8 Å². The normalized spacial score (nSPS) is 17.6. The van der Waals surface area contributed by atoms with Crippen molar-refractivity contribution < 1.29 is 29.3 Å². The molecule has 1 saturated heterocycles. The summed E-state index contributed by atoms with van der Waals surface area (Å²) >= 11 is 0. The quantitative estimate of drug-likeness (QED) is 0.0800. The van der Waals surface area contributed by atoms with Gasteiger partial charge in [-0.2, -0.15) is 0 Å². The average molecular weight is 695 g/mol. The van der Waals surface area contributed by atoms with E-state index in [1.54, 1.807) is 0 Å². The Morgan fingerprint density at radius 1 is 0.700 bits per heavy atom. The minimum absolute atomic E-state index is 0.0194. The number of benzene rings is 2. The molecule has 3 N–H and O–H groups in total. The van der Waals surface area contributed by atoms with Crippen LogP contribution in [0.4, 0.5) is 0 Å². The van der Waals surface area contributed by atoms with E-state index in [-0.39, 0.29) is 31.1 Å². The smallest absolute Gasteiger partial charge is 0.303 e. The molecule has 0 unspecified atom stereocenters. The second-order valence-electron chi connectivity index (χ2n) is 14.2. The van der Waals surface area contributed by atoms with Crippen molar-refractivity contribution in [2.75, 3.05) is 19.6 Å². The van der Waals surface area contributed by atoms with Crippen molar-refractivity contribution in [3.8, 4) is 0 Å². The van der Waals surface area contributed by atoms with E-state index in [0.717, 1.165) is 54.7 Å². The minimum atomic E-state index is -0.793. The van der Waals surface area contributed by atoms with Gasteiger partial charge in [-0.1, -0.05) is 133 Å². The molecular formula is C42H66N2O6. The summed E-state index contributed by atoms with van der Waals surface area (Å²) in [5.41, 5.74) is 3.94. The highest BCUT2D eigenvalue weighted by atomic mass is 16.7. The number of amides is 1. The number of carbonyl (C=O) groups excluding carboxylic acids is 1. The van der Waals surface area contributed by atoms with Gasteiger partial charge in [0.05, 0.1) is 18.8 Å². The van der Waals surface area contributed by atoms with Gasteiger partial charge in [-0.25, -0.2) is 0 Å². The molecule has 8 nitrogen and oxygen atoms in total. The highest BCUT2D eigenvalue weighted by Gasteiger charge is 2.33. The highest BCUT2D eigenvalue weighted by molar-refractivity contribution is 5.75. The summed E-state index contributed by atoms with van der Waals surface area (Å²) in [5, 5.41) is 21.4. The van der Waals surface area contributed by atoms with Crippen LogP contribution in [0.15, 0.2) is 48.5 Å². The molecule has 2 aromatic carbocycles. The maximum Gasteiger partial charge on any atom is 0.303 e. The number of carboxylic acid groups (broad SMARTS) is 1. The van der Waals surface area contributed by atoms with Crippen molar-refractivity contribution in [2.24, 2.45) is 0 Å². The van der Waals surface area contributed by atoms with Crippen LogP contribution < -0.4 is 5.32 Å². The molecule has 1 amide bonds. The SMILES string of the molecule is CCCCCCCCN(CCCCCCCC)C[C@H]1C[C@@H](c2ccc(CO)cc2)O[C@@H](c2ccc(CNC(=O)CCCCCC(=O)O)cc2)O1. The van der Waals surface area contributed by atoms with Crippen molar-refractivity contribution >= 4 is 11.9 Å². The average Bonchev–Trinajstić information content (AvgIpc) is 3.13. The topological polar surface area (TPSA) is 108 Å². The Hall–Kier alpha value is -2.78. The molecule has 2 aromatic rings. The zero-order chi connectivity index (χ0) is 35.8. The monoisotopic (exact) mass is 694 g/mol. The van der Waals surface area contributed by atoms with Crippen LogP contribution in [0.5, 0.6) is 0 Å². The van der Waals surface area contributed by atoms with E-state index in [1.807, 2.05) is 36.4 Å². The third kappa shape index (κ3) is 17.0. The van der Waals surface area contributed by atoms with Crippen molar-refractivity contribution in [1.82, 2.24) is 10.2 Å². The van der Waals surface area contributed by atoms with Crippen molar-refractivity contribution in [2.45, 2.75) is 161 Å². The molecule has 0 spiro atoms. The highest BCUT2D eigenvalue weighted by Crippen LogP contribution is 2.38. The third-order valence-electron chi connectivity index (χ3n) is 9.77. The largest absolute Gasteiger partial charge is 0.481 e. The maximum absolute atomic E-state index is 12.3. The Morgan fingerprint density at radius 2 is 1.24 bits per heavy atom. The zero-order valence-corrected chi connectivity index (χ0v) is 31.1. The van der Waals surface area contributed by atoms with Crippen LogP contribution in [-0.2, 0) is 32.2 Å². The Balaban J connectivity index is 1.64. The lowest BCUT2D eigenvalue weighted by Gasteiger charge is -2.38. The van der Waals surface area contributed by atoms with Gasteiger partial charge >= 0.3 is 5.97 Å². The number of aliphatic hydroxyl groups excluding tert-OH is 1. The predicted octanol–water partition coefficient (Wildman–Crippen LogP) is 9.40. The van der Waals surface area contributed by atoms with Gasteiger partial charge in [0.2, 0.25) is 5.91 Å². The van der Waals surface area contributed by atoms with Gasteiger partial charge in [0.25, 0.3) is 0 Å². The van der Waals surface area contributed by atoms with Gasteiger partial charge in [-0.3, -0.25) is 9.59 Å². The molecule has 280 valence electrons. The van der Waals surface area contributed by atoms with Crippen molar-refractivity contribution in [1.29, 1.82) is 0 Å². The van der Waals surface area contributed by atoms with E-state index in [2.05, 4.69) is 36.2 Å².